The fraction of sp³-hybridized carbons (Fsp3) is 0.482. The molecule has 1 atom stereocenters. The van der Waals surface area contributed by atoms with Crippen molar-refractivity contribution >= 4 is 99.7 Å². The Labute approximate surface area is 538 Å². The molecule has 3 aliphatic rings. The van der Waals surface area contributed by atoms with Crippen molar-refractivity contribution in [1.29, 1.82) is 0 Å². The zero-order chi connectivity index (χ0) is 59.9. The zero-order valence-corrected chi connectivity index (χ0v) is 56.0. The number of methoxy groups -OCH3 is 3. The first kappa shape index (κ1) is 86.9. The number of amides is 1. The summed E-state index contributed by atoms with van der Waals surface area (Å²) in [5, 5.41) is 0. The van der Waals surface area contributed by atoms with Crippen LogP contribution in [0.4, 0.5) is 9.59 Å². The molecule has 3 aromatic rings. The van der Waals surface area contributed by atoms with Gasteiger partial charge in [0.1, 0.15) is 0 Å². The zero-order valence-electron chi connectivity index (χ0n) is 48.0. The van der Waals surface area contributed by atoms with Gasteiger partial charge in [-0.1, -0.05) is 13.5 Å². The fourth-order valence-corrected chi connectivity index (χ4v) is 7.40. The van der Waals surface area contributed by atoms with Gasteiger partial charge in [-0.25, -0.2) is 24.0 Å². The average Bonchev–Trinajstić information content (AvgIpc) is 4.25. The topological polar surface area (TPSA) is 283 Å². The molecule has 1 amide bonds. The minimum Gasteiger partial charge on any atom is 0 e. The van der Waals surface area contributed by atoms with E-state index in [4.69, 9.17) is 41.9 Å². The van der Waals surface area contributed by atoms with Crippen molar-refractivity contribution in [3.8, 4) is 0 Å². The van der Waals surface area contributed by atoms with E-state index in [1.54, 1.807) is 83.7 Å². The number of ether oxygens (including phenoxy) is 9. The van der Waals surface area contributed by atoms with Crippen molar-refractivity contribution in [2.75, 3.05) is 72.0 Å². The van der Waals surface area contributed by atoms with Gasteiger partial charge in [-0.05, 0) is 95.2 Å². The third-order valence-corrected chi connectivity index (χ3v) is 11.6. The number of ketones is 1. The van der Waals surface area contributed by atoms with Crippen molar-refractivity contribution < 1.29 is 122 Å². The van der Waals surface area contributed by atoms with Gasteiger partial charge in [0.2, 0.25) is 0 Å². The number of rotatable bonds is 17. The van der Waals surface area contributed by atoms with Crippen LogP contribution in [0, 0.1) is 12.5 Å². The van der Waals surface area contributed by atoms with Crippen LogP contribution < -0.4 is 0 Å². The number of alkyl halides is 1. The minimum absolute atomic E-state index is 0. The number of fused-ring (bicyclic) bond motifs is 1. The fourth-order valence-electron chi connectivity index (χ4n) is 6.29. The number of hydrogen-bond donors (Lipinski definition) is 0. The molecule has 1 aliphatic carbocycles. The summed E-state index contributed by atoms with van der Waals surface area (Å²) in [6.45, 7) is 18.8. The predicted octanol–water partition coefficient (Wildman–Crippen LogP) is 9.83. The Morgan fingerprint density at radius 3 is 1.75 bits per heavy atom. The van der Waals surface area contributed by atoms with E-state index in [1.807, 2.05) is 6.07 Å². The molecule has 1 radical (unpaired) electrons. The molecule has 0 spiro atoms. The number of nitrogens with zero attached hydrogens (tertiary/aromatic N) is 5. The maximum Gasteiger partial charge on any atom is 0 e. The summed E-state index contributed by atoms with van der Waals surface area (Å²) in [6, 6.07) is 6.96. The van der Waals surface area contributed by atoms with Gasteiger partial charge in [0, 0.05) is 142 Å². The Balaban J connectivity index is -0.000000301. The first-order valence-electron chi connectivity index (χ1n) is 25.3. The molecule has 0 saturated carbocycles. The number of allylic oxidation sites excluding steroid dienone is 1. The van der Waals surface area contributed by atoms with Gasteiger partial charge in [-0.3, -0.25) is 34.2 Å². The van der Waals surface area contributed by atoms with Crippen LogP contribution in [0.15, 0.2) is 85.5 Å². The van der Waals surface area contributed by atoms with Crippen LogP contribution in [-0.4, -0.2) is 145 Å². The summed E-state index contributed by atoms with van der Waals surface area (Å²) in [5.74, 6) is -2.20. The molecule has 0 aromatic carbocycles. The molecule has 23 nitrogen and oxygen atoms in total. The van der Waals surface area contributed by atoms with Crippen LogP contribution in [0.5, 0.6) is 0 Å². The number of hydrogen-bond acceptors (Lipinski definition) is 21. The van der Waals surface area contributed by atoms with Crippen LogP contribution >= 0.6 is 46.6 Å². The van der Waals surface area contributed by atoms with Crippen LogP contribution in [0.25, 0.3) is 3.06 Å². The van der Waals surface area contributed by atoms with Crippen molar-refractivity contribution in [3.05, 3.63) is 123 Å². The summed E-state index contributed by atoms with van der Waals surface area (Å²) in [5.41, 5.74) is 3.13. The third kappa shape index (κ3) is 40.4. The molecule has 5 heterocycles. The normalized spacial score (nSPS) is 12.3. The SMILES string of the molecule is C.C1CCOC1.CCOC(=O)CCC1C=CN(C(=O)OCC)C=C1C(=O)OC.CCOC(=O)CCc1ccncc1C(=O)OC.CCOC(=O)Cl.COC(=O)c1cccnc1.O=C1CCc2ccncc21.S.[C-]#[N+][IH]CCC(=O)OCC.[Cu].[Zn]. The van der Waals surface area contributed by atoms with Gasteiger partial charge in [0.15, 0.2) is 5.78 Å². The summed E-state index contributed by atoms with van der Waals surface area (Å²) in [6.07, 6.45) is 19.2. The summed E-state index contributed by atoms with van der Waals surface area (Å²) in [7, 11) is 3.92. The van der Waals surface area contributed by atoms with Gasteiger partial charge in [-0.15, -0.1) is 0 Å². The molecular weight excluding hydrogens is 1350 g/mol. The van der Waals surface area contributed by atoms with Crippen LogP contribution in [-0.2, 0) is 111 Å². The number of halogens is 2. The van der Waals surface area contributed by atoms with E-state index >= 15 is 0 Å². The standard InChI is InChI=1S/C15H21NO6.C12H15NO4.C8H7NO.C7H7NO2.C6H10INO2.C4H8O.C3H5ClO2.CH4.Cu.H2S.Zn/c1-4-21-13(17)7-6-11-8-9-16(15(19)22-5-2)10-12(11)14(18)20-3;1-3-17-11(14)5-4-9-6-7-13-8-10(9)12(15)16-2;10-8-2-1-6-3-4-9-5-7(6)8;1-10-7(9)6-3-2-4-8-5-6;1-3-10-6(9)4-5-7-8-2;1-2-4-5-3-1;1-2-6-3(4)5;;;;/h8-11H,4-7H2,1-3H3;6-8H,3-5H2,1-2H3;3-5H,1-2H2;2-5H,1H3;7H,3-5H2,1H3;1-4H2;2H2,1H3;1H4;;1H2;. The van der Waals surface area contributed by atoms with E-state index < -0.39 is 44.9 Å². The molecule has 469 valence electrons. The number of aryl methyl sites for hydroxylation is 2. The van der Waals surface area contributed by atoms with E-state index in [0.717, 1.165) is 40.8 Å². The number of aromatic nitrogens is 3. The van der Waals surface area contributed by atoms with Crippen molar-refractivity contribution in [3.63, 3.8) is 0 Å². The molecule has 2 aliphatic heterocycles. The van der Waals surface area contributed by atoms with Gasteiger partial charge in [-0.2, -0.15) is 13.5 Å². The third-order valence-electron chi connectivity index (χ3n) is 10.0. The predicted molar refractivity (Wildman–Crippen MR) is 319 cm³/mol. The molecule has 6 rings (SSSR count). The van der Waals surface area contributed by atoms with E-state index in [1.165, 1.54) is 63.9 Å². The molecule has 1 saturated heterocycles. The van der Waals surface area contributed by atoms with E-state index in [-0.39, 0.29) is 112 Å². The van der Waals surface area contributed by atoms with Crippen molar-refractivity contribution in [1.82, 2.24) is 19.9 Å². The van der Waals surface area contributed by atoms with E-state index in [9.17, 15) is 43.2 Å². The first-order valence-corrected chi connectivity index (χ1v) is 28.3. The van der Waals surface area contributed by atoms with E-state index in [0.29, 0.717) is 68.8 Å². The minimum atomic E-state index is -0.738. The second-order valence-electron chi connectivity index (χ2n) is 15.5. The second-order valence-corrected chi connectivity index (χ2v) is 18.2. The Kier molecular flexibility index (Phi) is 58.2. The Hall–Kier alpha value is -5.88. The quantitative estimate of drug-likeness (QED) is 0.0177. The van der Waals surface area contributed by atoms with Crippen LogP contribution in [0.2, 0.25) is 0 Å². The molecular formula is C56H79ClCuIN5O18SZn. The summed E-state index contributed by atoms with van der Waals surface area (Å²) < 4.78 is 46.1. The van der Waals surface area contributed by atoms with E-state index in [2.05, 4.69) is 37.0 Å². The number of Topliss-reactive ketones (excluding diaryl/α,β-unsaturated/α-hetero) is 1. The maximum absolute atomic E-state index is 11.9. The monoisotopic (exact) mass is 1430 g/mol. The molecule has 1 unspecified atom stereocenters. The molecule has 1 fully saturated rings. The average molecular weight is 1430 g/mol. The Bertz CT molecular complexity index is 2480. The first-order chi connectivity index (χ1) is 38.5. The van der Waals surface area contributed by atoms with Gasteiger partial charge >= 0.3 is 112 Å². The summed E-state index contributed by atoms with van der Waals surface area (Å²) >= 11 is 4.14. The van der Waals surface area contributed by atoms with Crippen LogP contribution in [0.1, 0.15) is 129 Å². The van der Waals surface area contributed by atoms with Gasteiger partial charge < -0.3 is 37.9 Å². The number of esters is 6. The molecule has 0 bridgehead atoms. The second kappa shape index (κ2) is 56.3. The Morgan fingerprint density at radius 1 is 0.714 bits per heavy atom. The Morgan fingerprint density at radius 2 is 1.26 bits per heavy atom. The van der Waals surface area contributed by atoms with Crippen LogP contribution in [0.3, 0.4) is 0 Å². The number of pyridine rings is 3. The number of carbonyl (C=O) groups is 9. The smallest absolute Gasteiger partial charge is 0 e. The molecule has 84 heavy (non-hydrogen) atoms. The molecule has 3 aromatic heterocycles. The van der Waals surface area contributed by atoms with Crippen molar-refractivity contribution in [2.45, 2.75) is 99.8 Å². The largest absolute Gasteiger partial charge is 0 e. The van der Waals surface area contributed by atoms with Gasteiger partial charge in [0.25, 0.3) is 0 Å². The number of carbonyl (C=O) groups excluding carboxylic acids is 9. The molecule has 0 N–H and O–H groups in total. The maximum atomic E-state index is 11.9. The van der Waals surface area contributed by atoms with Gasteiger partial charge in [0.05, 0.1) is 64.5 Å². The molecule has 28 heteroatoms. The summed E-state index contributed by atoms with van der Waals surface area (Å²) in [4.78, 5) is 112. The van der Waals surface area contributed by atoms with Crippen molar-refractivity contribution in [2.24, 2.45) is 5.92 Å².